The lowest BCUT2D eigenvalue weighted by Crippen LogP contribution is -2.29. The minimum Gasteiger partial charge on any atom is -0.493 e. The summed E-state index contributed by atoms with van der Waals surface area (Å²) < 4.78 is 55.0. The van der Waals surface area contributed by atoms with E-state index in [1.807, 2.05) is 0 Å². The molecule has 0 saturated heterocycles. The fourth-order valence-corrected chi connectivity index (χ4v) is 3.69. The maximum atomic E-state index is 14.9. The average molecular weight is 537 g/mol. The Morgan fingerprint density at radius 2 is 1.72 bits per heavy atom. The molecule has 0 spiro atoms. The minimum atomic E-state index is -1.05. The number of halogens is 3. The van der Waals surface area contributed by atoms with Crippen molar-refractivity contribution in [2.24, 2.45) is 0 Å². The molecule has 0 radical (unpaired) electrons. The molecule has 0 unspecified atom stereocenters. The van der Waals surface area contributed by atoms with Gasteiger partial charge in [0, 0.05) is 42.7 Å². The number of ether oxygens (including phenoxy) is 2. The molecule has 0 aliphatic rings. The Labute approximate surface area is 220 Å². The monoisotopic (exact) mass is 537 g/mol. The van der Waals surface area contributed by atoms with E-state index in [0.29, 0.717) is 11.8 Å². The molecule has 0 fully saturated rings. The lowest BCUT2D eigenvalue weighted by atomic mass is 10.2. The van der Waals surface area contributed by atoms with Gasteiger partial charge < -0.3 is 14.8 Å². The van der Waals surface area contributed by atoms with Crippen LogP contribution in [-0.2, 0) is 11.2 Å². The first-order valence-corrected chi connectivity index (χ1v) is 11.7. The molecule has 1 N–H and O–H groups in total. The second-order valence-electron chi connectivity index (χ2n) is 8.32. The highest BCUT2D eigenvalue weighted by molar-refractivity contribution is 6.06. The molecule has 0 atom stereocenters. The van der Waals surface area contributed by atoms with Crippen molar-refractivity contribution in [2.75, 3.05) is 11.9 Å². The van der Waals surface area contributed by atoms with Crippen LogP contribution in [0.15, 0.2) is 71.8 Å². The Bertz CT molecular complexity index is 1600. The van der Waals surface area contributed by atoms with E-state index in [9.17, 15) is 27.6 Å². The molecule has 2 aromatic heterocycles. The first-order chi connectivity index (χ1) is 18.7. The van der Waals surface area contributed by atoms with E-state index in [1.54, 1.807) is 6.92 Å². The fourth-order valence-electron chi connectivity index (χ4n) is 3.69. The zero-order valence-corrected chi connectivity index (χ0v) is 20.8. The molecule has 0 aliphatic heterocycles. The van der Waals surface area contributed by atoms with Crippen LogP contribution >= 0.6 is 0 Å². The Morgan fingerprint density at radius 1 is 0.974 bits per heavy atom. The summed E-state index contributed by atoms with van der Waals surface area (Å²) in [5, 5.41) is 2.21. The number of ketones is 1. The maximum Gasteiger partial charge on any atom is 0.271 e. The SMILES string of the molecule is CCOc1ccn(-c2ccc(F)cc2)c(=O)c1C(=O)Nc1cc(F)c(Oc2ccnc(CC(C)=O)c2)cc1F. The Hall–Kier alpha value is -4.93. The van der Waals surface area contributed by atoms with Gasteiger partial charge in [-0.15, -0.1) is 0 Å². The predicted molar refractivity (Wildman–Crippen MR) is 136 cm³/mol. The minimum absolute atomic E-state index is 0.0467. The van der Waals surface area contributed by atoms with Crippen LogP contribution in [-0.4, -0.2) is 27.8 Å². The number of hydrogen-bond donors (Lipinski definition) is 1. The van der Waals surface area contributed by atoms with Crippen molar-refractivity contribution < 1.29 is 32.2 Å². The third kappa shape index (κ3) is 6.32. The second-order valence-corrected chi connectivity index (χ2v) is 8.32. The van der Waals surface area contributed by atoms with Crippen LogP contribution < -0.4 is 20.3 Å². The summed E-state index contributed by atoms with van der Waals surface area (Å²) in [4.78, 5) is 41.7. The lowest BCUT2D eigenvalue weighted by molar-refractivity contribution is -0.116. The first-order valence-electron chi connectivity index (χ1n) is 11.7. The van der Waals surface area contributed by atoms with Gasteiger partial charge in [0.05, 0.1) is 18.0 Å². The fraction of sp³-hybridized carbons (Fsp3) is 0.143. The molecule has 0 aliphatic carbocycles. The van der Waals surface area contributed by atoms with E-state index in [0.717, 1.165) is 22.8 Å². The number of carbonyl (C=O) groups is 2. The lowest BCUT2D eigenvalue weighted by Gasteiger charge is -2.14. The van der Waals surface area contributed by atoms with Crippen LogP contribution in [0.4, 0.5) is 18.9 Å². The van der Waals surface area contributed by atoms with Crippen molar-refractivity contribution in [1.82, 2.24) is 9.55 Å². The molecule has 2 heterocycles. The summed E-state index contributed by atoms with van der Waals surface area (Å²) in [5.74, 6) is -4.15. The van der Waals surface area contributed by atoms with Gasteiger partial charge >= 0.3 is 0 Å². The number of benzene rings is 2. The molecule has 4 aromatic rings. The molecule has 11 heteroatoms. The molecule has 4 rings (SSSR count). The van der Waals surface area contributed by atoms with E-state index < -0.39 is 45.9 Å². The summed E-state index contributed by atoms with van der Waals surface area (Å²) >= 11 is 0. The van der Waals surface area contributed by atoms with Gasteiger partial charge in [0.15, 0.2) is 17.4 Å². The number of rotatable bonds is 9. The number of nitrogens with zero attached hydrogens (tertiary/aromatic N) is 2. The molecule has 2 aromatic carbocycles. The summed E-state index contributed by atoms with van der Waals surface area (Å²) in [6, 6.07) is 10.6. The summed E-state index contributed by atoms with van der Waals surface area (Å²) in [5.41, 5.74) is -1.15. The number of Topliss-reactive ketones (excluding diaryl/α,β-unsaturated/α-hetero) is 1. The molecule has 8 nitrogen and oxygen atoms in total. The number of aromatic nitrogens is 2. The number of carbonyl (C=O) groups excluding carboxylic acids is 2. The van der Waals surface area contributed by atoms with E-state index in [2.05, 4.69) is 10.3 Å². The highest BCUT2D eigenvalue weighted by atomic mass is 19.1. The van der Waals surface area contributed by atoms with E-state index in [1.165, 1.54) is 49.6 Å². The number of hydrogen-bond acceptors (Lipinski definition) is 6. The van der Waals surface area contributed by atoms with E-state index in [-0.39, 0.29) is 36.0 Å². The quantitative estimate of drug-likeness (QED) is 0.314. The second kappa shape index (κ2) is 11.6. The molecule has 1 amide bonds. The molecule has 0 saturated carbocycles. The Kier molecular flexibility index (Phi) is 8.09. The van der Waals surface area contributed by atoms with Gasteiger partial charge in [-0.25, -0.2) is 13.2 Å². The molecular formula is C28H22F3N3O5. The van der Waals surface area contributed by atoms with Crippen LogP contribution in [0.3, 0.4) is 0 Å². The van der Waals surface area contributed by atoms with Gasteiger partial charge in [-0.2, -0.15) is 0 Å². The summed E-state index contributed by atoms with van der Waals surface area (Å²) in [7, 11) is 0. The topological polar surface area (TPSA) is 99.5 Å². The van der Waals surface area contributed by atoms with Gasteiger partial charge in [0.2, 0.25) is 0 Å². The zero-order valence-electron chi connectivity index (χ0n) is 20.8. The predicted octanol–water partition coefficient (Wildman–Crippen LogP) is 5.22. The van der Waals surface area contributed by atoms with Crippen LogP contribution in [0.5, 0.6) is 17.2 Å². The highest BCUT2D eigenvalue weighted by Crippen LogP contribution is 2.30. The number of amides is 1. The maximum absolute atomic E-state index is 14.9. The average Bonchev–Trinajstić information content (AvgIpc) is 2.88. The molecule has 0 bridgehead atoms. The van der Waals surface area contributed by atoms with Crippen LogP contribution in [0.2, 0.25) is 0 Å². The van der Waals surface area contributed by atoms with Crippen molar-refractivity contribution in [3.8, 4) is 22.9 Å². The smallest absolute Gasteiger partial charge is 0.271 e. The van der Waals surface area contributed by atoms with Crippen molar-refractivity contribution in [3.05, 3.63) is 106 Å². The Balaban J connectivity index is 1.63. The molecular weight excluding hydrogens is 515 g/mol. The van der Waals surface area contributed by atoms with Crippen LogP contribution in [0.1, 0.15) is 29.9 Å². The number of pyridine rings is 2. The van der Waals surface area contributed by atoms with Gasteiger partial charge in [0.1, 0.15) is 28.7 Å². The van der Waals surface area contributed by atoms with E-state index >= 15 is 0 Å². The standard InChI is InChI=1S/C28H22F3N3O5/c1-3-38-24-9-11-34(19-6-4-17(29)5-7-19)28(37)26(24)27(36)33-23-14-22(31)25(15-21(23)30)39-20-8-10-32-18(13-20)12-16(2)35/h4-11,13-15H,3,12H2,1-2H3,(H,33,36). The number of anilines is 1. The Morgan fingerprint density at radius 3 is 2.41 bits per heavy atom. The number of nitrogens with one attached hydrogen (secondary N) is 1. The normalized spacial score (nSPS) is 10.7. The summed E-state index contributed by atoms with van der Waals surface area (Å²) in [6.45, 7) is 3.16. The zero-order chi connectivity index (χ0) is 28.1. The van der Waals surface area contributed by atoms with Crippen molar-refractivity contribution in [1.29, 1.82) is 0 Å². The third-order valence-corrected chi connectivity index (χ3v) is 5.40. The van der Waals surface area contributed by atoms with E-state index in [4.69, 9.17) is 9.47 Å². The van der Waals surface area contributed by atoms with Gasteiger partial charge in [0.25, 0.3) is 11.5 Å². The van der Waals surface area contributed by atoms with Gasteiger partial charge in [-0.05, 0) is 50.2 Å². The highest BCUT2D eigenvalue weighted by Gasteiger charge is 2.22. The van der Waals surface area contributed by atoms with Crippen LogP contribution in [0.25, 0.3) is 5.69 Å². The van der Waals surface area contributed by atoms with Crippen LogP contribution in [0, 0.1) is 17.5 Å². The summed E-state index contributed by atoms with van der Waals surface area (Å²) in [6.07, 6.45) is 2.76. The third-order valence-electron chi connectivity index (χ3n) is 5.40. The van der Waals surface area contributed by atoms with Crippen molar-refractivity contribution >= 4 is 17.4 Å². The van der Waals surface area contributed by atoms with Crippen molar-refractivity contribution in [2.45, 2.75) is 20.3 Å². The van der Waals surface area contributed by atoms with Gasteiger partial charge in [-0.1, -0.05) is 0 Å². The van der Waals surface area contributed by atoms with Gasteiger partial charge in [-0.3, -0.25) is 23.9 Å². The first kappa shape index (κ1) is 27.1. The van der Waals surface area contributed by atoms with Crippen molar-refractivity contribution in [3.63, 3.8) is 0 Å². The largest absolute Gasteiger partial charge is 0.493 e. The molecule has 39 heavy (non-hydrogen) atoms. The molecule has 200 valence electrons.